The maximum atomic E-state index is 9.14. The molecule has 0 radical (unpaired) electrons. The zero-order valence-corrected chi connectivity index (χ0v) is 11.9. The van der Waals surface area contributed by atoms with Crippen LogP contribution in [0.4, 0.5) is 0 Å². The summed E-state index contributed by atoms with van der Waals surface area (Å²) in [5, 5.41) is 12.4. The SMILES string of the molecule is COc1ccc(Br)c(CN2CCNCC2C#N)c1. The molecule has 0 aromatic heterocycles. The summed E-state index contributed by atoms with van der Waals surface area (Å²) < 4.78 is 6.29. The van der Waals surface area contributed by atoms with Crippen LogP contribution in [0.25, 0.3) is 0 Å². The summed E-state index contributed by atoms with van der Waals surface area (Å²) in [5.41, 5.74) is 1.15. The molecule has 1 fully saturated rings. The minimum absolute atomic E-state index is 0.0585. The first-order valence-electron chi connectivity index (χ1n) is 5.91. The van der Waals surface area contributed by atoms with Crippen molar-refractivity contribution in [3.8, 4) is 11.8 Å². The number of nitrogens with zero attached hydrogens (tertiary/aromatic N) is 2. The van der Waals surface area contributed by atoms with E-state index in [9.17, 15) is 0 Å². The minimum atomic E-state index is -0.0585. The molecule has 18 heavy (non-hydrogen) atoms. The molecular formula is C13H16BrN3O. The number of methoxy groups -OCH3 is 1. The molecule has 0 saturated carbocycles. The normalized spacial score (nSPS) is 20.4. The van der Waals surface area contributed by atoms with Crippen molar-refractivity contribution >= 4 is 15.9 Å². The molecule has 0 spiro atoms. The Bertz CT molecular complexity index is 458. The Morgan fingerprint density at radius 3 is 3.17 bits per heavy atom. The highest BCUT2D eigenvalue weighted by Crippen LogP contribution is 2.24. The van der Waals surface area contributed by atoms with Crippen molar-refractivity contribution in [2.75, 3.05) is 26.7 Å². The maximum absolute atomic E-state index is 9.14. The summed E-state index contributed by atoms with van der Waals surface area (Å²) in [6.07, 6.45) is 0. The highest BCUT2D eigenvalue weighted by Gasteiger charge is 2.22. The Kier molecular flexibility index (Phi) is 4.59. The topological polar surface area (TPSA) is 48.3 Å². The lowest BCUT2D eigenvalue weighted by atomic mass is 10.1. The molecule has 2 rings (SSSR count). The second-order valence-corrected chi connectivity index (χ2v) is 5.13. The third-order valence-corrected chi connectivity index (χ3v) is 3.90. The van der Waals surface area contributed by atoms with E-state index < -0.39 is 0 Å². The molecule has 1 heterocycles. The molecular weight excluding hydrogens is 294 g/mol. The third kappa shape index (κ3) is 3.02. The fourth-order valence-electron chi connectivity index (χ4n) is 2.08. The van der Waals surface area contributed by atoms with Crippen molar-refractivity contribution in [1.82, 2.24) is 10.2 Å². The highest BCUT2D eigenvalue weighted by molar-refractivity contribution is 9.10. The van der Waals surface area contributed by atoms with Gasteiger partial charge in [0.2, 0.25) is 0 Å². The van der Waals surface area contributed by atoms with Crippen molar-refractivity contribution in [1.29, 1.82) is 5.26 Å². The van der Waals surface area contributed by atoms with E-state index in [4.69, 9.17) is 10.00 Å². The summed E-state index contributed by atoms with van der Waals surface area (Å²) in [5.74, 6) is 0.844. The van der Waals surface area contributed by atoms with E-state index in [0.29, 0.717) is 0 Å². The van der Waals surface area contributed by atoms with Crippen molar-refractivity contribution in [3.05, 3.63) is 28.2 Å². The molecule has 1 N–H and O–H groups in total. The number of piperazine rings is 1. The van der Waals surface area contributed by atoms with Crippen molar-refractivity contribution < 1.29 is 4.74 Å². The van der Waals surface area contributed by atoms with Gasteiger partial charge in [0, 0.05) is 30.7 Å². The zero-order chi connectivity index (χ0) is 13.0. The van der Waals surface area contributed by atoms with Crippen molar-refractivity contribution in [2.24, 2.45) is 0 Å². The standard InChI is InChI=1S/C13H16BrN3O/c1-18-12-2-3-13(14)10(6-12)9-17-5-4-16-8-11(17)7-15/h2-3,6,11,16H,4-5,8-9H2,1H3. The number of nitriles is 1. The number of rotatable bonds is 3. The highest BCUT2D eigenvalue weighted by atomic mass is 79.9. The van der Waals surface area contributed by atoms with Crippen LogP contribution < -0.4 is 10.1 Å². The van der Waals surface area contributed by atoms with Gasteiger partial charge in [-0.1, -0.05) is 15.9 Å². The summed E-state index contributed by atoms with van der Waals surface area (Å²) in [4.78, 5) is 2.19. The Labute approximate surface area is 116 Å². The fraction of sp³-hybridized carbons (Fsp3) is 0.462. The molecule has 1 aromatic carbocycles. The first kappa shape index (κ1) is 13.3. The predicted molar refractivity (Wildman–Crippen MR) is 73.4 cm³/mol. The number of benzene rings is 1. The number of hydrogen-bond donors (Lipinski definition) is 1. The lowest BCUT2D eigenvalue weighted by Crippen LogP contribution is -2.50. The van der Waals surface area contributed by atoms with Crippen LogP contribution in [-0.2, 0) is 6.54 Å². The van der Waals surface area contributed by atoms with Gasteiger partial charge in [0.05, 0.1) is 13.2 Å². The van der Waals surface area contributed by atoms with Crippen LogP contribution in [0.1, 0.15) is 5.56 Å². The van der Waals surface area contributed by atoms with E-state index >= 15 is 0 Å². The Morgan fingerprint density at radius 1 is 1.61 bits per heavy atom. The van der Waals surface area contributed by atoms with Crippen LogP contribution in [0.15, 0.2) is 22.7 Å². The average Bonchev–Trinajstić information content (AvgIpc) is 2.42. The summed E-state index contributed by atoms with van der Waals surface area (Å²) in [6.45, 7) is 3.32. The summed E-state index contributed by atoms with van der Waals surface area (Å²) in [7, 11) is 1.66. The van der Waals surface area contributed by atoms with Gasteiger partial charge < -0.3 is 10.1 Å². The molecule has 96 valence electrons. The second-order valence-electron chi connectivity index (χ2n) is 4.28. The fourth-order valence-corrected chi connectivity index (χ4v) is 2.45. The molecule has 1 unspecified atom stereocenters. The van der Waals surface area contributed by atoms with E-state index in [-0.39, 0.29) is 6.04 Å². The molecule has 4 nitrogen and oxygen atoms in total. The van der Waals surface area contributed by atoms with Gasteiger partial charge >= 0.3 is 0 Å². The molecule has 1 aliphatic rings. The van der Waals surface area contributed by atoms with Gasteiger partial charge in [-0.3, -0.25) is 4.90 Å². The average molecular weight is 310 g/mol. The Hall–Kier alpha value is -1.09. The van der Waals surface area contributed by atoms with Gasteiger partial charge in [-0.15, -0.1) is 0 Å². The van der Waals surface area contributed by atoms with Crippen LogP contribution in [0.3, 0.4) is 0 Å². The smallest absolute Gasteiger partial charge is 0.119 e. The summed E-state index contributed by atoms with van der Waals surface area (Å²) in [6, 6.07) is 8.20. The molecule has 0 bridgehead atoms. The van der Waals surface area contributed by atoms with E-state index in [1.54, 1.807) is 7.11 Å². The molecule has 1 atom stereocenters. The first-order valence-corrected chi connectivity index (χ1v) is 6.70. The molecule has 5 heteroatoms. The van der Waals surface area contributed by atoms with Crippen molar-refractivity contribution in [3.63, 3.8) is 0 Å². The molecule has 0 aliphatic carbocycles. The van der Waals surface area contributed by atoms with E-state index in [0.717, 1.165) is 42.0 Å². The predicted octanol–water partition coefficient (Wildman–Crippen LogP) is 1.76. The van der Waals surface area contributed by atoms with E-state index in [1.165, 1.54) is 0 Å². The molecule has 1 saturated heterocycles. The van der Waals surface area contributed by atoms with Crippen LogP contribution in [0.5, 0.6) is 5.75 Å². The minimum Gasteiger partial charge on any atom is -0.497 e. The molecule has 0 amide bonds. The third-order valence-electron chi connectivity index (χ3n) is 3.13. The molecule has 1 aliphatic heterocycles. The monoisotopic (exact) mass is 309 g/mol. The van der Waals surface area contributed by atoms with Gasteiger partial charge in [-0.05, 0) is 23.8 Å². The van der Waals surface area contributed by atoms with Gasteiger partial charge in [0.25, 0.3) is 0 Å². The largest absolute Gasteiger partial charge is 0.497 e. The van der Waals surface area contributed by atoms with Gasteiger partial charge in [0.15, 0.2) is 0 Å². The van der Waals surface area contributed by atoms with Gasteiger partial charge in [-0.2, -0.15) is 5.26 Å². The molecule has 1 aromatic rings. The van der Waals surface area contributed by atoms with Gasteiger partial charge in [-0.25, -0.2) is 0 Å². The van der Waals surface area contributed by atoms with Gasteiger partial charge in [0.1, 0.15) is 11.8 Å². The van der Waals surface area contributed by atoms with E-state index in [2.05, 4.69) is 32.2 Å². The number of hydrogen-bond acceptors (Lipinski definition) is 4. The second kappa shape index (κ2) is 6.19. The number of nitrogens with one attached hydrogen (secondary N) is 1. The summed E-state index contributed by atoms with van der Waals surface area (Å²) >= 11 is 3.55. The van der Waals surface area contributed by atoms with Crippen LogP contribution >= 0.6 is 15.9 Å². The number of ether oxygens (including phenoxy) is 1. The quantitative estimate of drug-likeness (QED) is 0.924. The van der Waals surface area contributed by atoms with Crippen LogP contribution in [-0.4, -0.2) is 37.7 Å². The maximum Gasteiger partial charge on any atom is 0.119 e. The zero-order valence-electron chi connectivity index (χ0n) is 10.3. The van der Waals surface area contributed by atoms with E-state index in [1.807, 2.05) is 18.2 Å². The Balaban J connectivity index is 2.14. The lowest BCUT2D eigenvalue weighted by molar-refractivity contribution is 0.189. The lowest BCUT2D eigenvalue weighted by Gasteiger charge is -2.32. The van der Waals surface area contributed by atoms with Crippen LogP contribution in [0.2, 0.25) is 0 Å². The first-order chi connectivity index (χ1) is 8.74. The number of halogens is 1. The van der Waals surface area contributed by atoms with Crippen molar-refractivity contribution in [2.45, 2.75) is 12.6 Å². The Morgan fingerprint density at radius 2 is 2.44 bits per heavy atom. The van der Waals surface area contributed by atoms with Crippen LogP contribution in [0, 0.1) is 11.3 Å².